The van der Waals surface area contributed by atoms with E-state index in [1.54, 1.807) is 9.36 Å². The van der Waals surface area contributed by atoms with E-state index in [2.05, 4.69) is 110 Å². The van der Waals surface area contributed by atoms with Crippen LogP contribution in [0.3, 0.4) is 0 Å². The first-order valence-electron chi connectivity index (χ1n) is 10.2. The predicted octanol–water partition coefficient (Wildman–Crippen LogP) is 2.27. The molecule has 2 aliphatic heterocycles. The van der Waals surface area contributed by atoms with Gasteiger partial charge in [-0.05, 0) is 0 Å². The van der Waals surface area contributed by atoms with Crippen molar-refractivity contribution in [2.45, 2.75) is 18.8 Å². The molecule has 2 aromatic rings. The van der Waals surface area contributed by atoms with Gasteiger partial charge in [0, 0.05) is 0 Å². The third-order valence-corrected chi connectivity index (χ3v) is 10.2. The summed E-state index contributed by atoms with van der Waals surface area (Å²) in [5.74, 6) is 0. The van der Waals surface area contributed by atoms with E-state index in [-0.39, 0.29) is 0 Å². The number of quaternary nitrogens is 1. The summed E-state index contributed by atoms with van der Waals surface area (Å²) in [4.78, 5) is 4.65. The van der Waals surface area contributed by atoms with E-state index in [9.17, 15) is 0 Å². The average molecular weight is 513 g/mol. The summed E-state index contributed by atoms with van der Waals surface area (Å²) in [6.07, 6.45) is 15.5. The molecule has 0 saturated heterocycles. The van der Waals surface area contributed by atoms with Gasteiger partial charge in [0.1, 0.15) is 0 Å². The normalized spacial score (nSPS) is 22.4. The fourth-order valence-electron chi connectivity index (χ4n) is 3.74. The van der Waals surface area contributed by atoms with Gasteiger partial charge in [-0.25, -0.2) is 0 Å². The van der Waals surface area contributed by atoms with E-state index < -0.39 is 0 Å². The van der Waals surface area contributed by atoms with Crippen LogP contribution in [0.5, 0.6) is 0 Å². The zero-order valence-electron chi connectivity index (χ0n) is 16.9. The number of benzene rings is 2. The van der Waals surface area contributed by atoms with E-state index in [1.807, 2.05) is 0 Å². The van der Waals surface area contributed by atoms with Gasteiger partial charge in [0.15, 0.2) is 0 Å². The Balaban J connectivity index is 1.34. The van der Waals surface area contributed by atoms with Crippen LogP contribution in [0.25, 0.3) is 0 Å². The Hall–Kier alpha value is -1.80. The molecular weight excluding hydrogens is 486 g/mol. The van der Waals surface area contributed by atoms with Crippen molar-refractivity contribution in [3.05, 3.63) is 95.7 Å². The summed E-state index contributed by atoms with van der Waals surface area (Å²) < 4.78 is 4.49. The number of hydrogen-bond acceptors (Lipinski definition) is 1. The summed E-state index contributed by atoms with van der Waals surface area (Å²) in [5.41, 5.74) is 2.88. The van der Waals surface area contributed by atoms with Gasteiger partial charge in [0.2, 0.25) is 0 Å². The first-order valence-corrected chi connectivity index (χ1v) is 13.8. The molecule has 0 saturated carbocycles. The summed E-state index contributed by atoms with van der Waals surface area (Å²) in [5, 5.41) is 0. The molecule has 0 amide bonds. The molecule has 0 aromatic heterocycles. The van der Waals surface area contributed by atoms with Crippen molar-refractivity contribution in [1.29, 1.82) is 0 Å². The standard InChI is InChI=1S/C25H26N2Se2/c1-3-26-20-14-10-12-16-22(20)28-24(26)18-8-6-5-7-9-19-25-27(4-2)21-15-11-13-17-23(21)29-25/h5-19,24H,3-4H2,1-2H3/p+1/b6-5+,9-7+,18-8+,25-19-. The fraction of sp³-hybridized carbons (Fsp3) is 0.200. The molecule has 2 aliphatic rings. The number of hydrogen-bond donors (Lipinski definition) is 1. The molecule has 2 heterocycles. The average Bonchev–Trinajstić information content (AvgIpc) is 3.29. The third kappa shape index (κ3) is 4.53. The molecule has 0 bridgehead atoms. The summed E-state index contributed by atoms with van der Waals surface area (Å²) >= 11 is 0.933. The minimum atomic E-state index is 0.409. The van der Waals surface area contributed by atoms with Crippen molar-refractivity contribution < 1.29 is 4.90 Å². The first-order chi connectivity index (χ1) is 14.3. The summed E-state index contributed by atoms with van der Waals surface area (Å²) in [7, 11) is 0. The maximum atomic E-state index is 2.44. The van der Waals surface area contributed by atoms with E-state index >= 15 is 0 Å². The van der Waals surface area contributed by atoms with Crippen LogP contribution < -0.4 is 18.7 Å². The Labute approximate surface area is 187 Å². The number of allylic oxidation sites excluding steroid dienone is 6. The van der Waals surface area contributed by atoms with Gasteiger partial charge in [0.05, 0.1) is 0 Å². The second-order valence-electron chi connectivity index (χ2n) is 6.89. The van der Waals surface area contributed by atoms with Crippen LogP contribution in [-0.4, -0.2) is 47.9 Å². The van der Waals surface area contributed by atoms with Crippen LogP contribution >= 0.6 is 0 Å². The van der Waals surface area contributed by atoms with E-state index in [4.69, 9.17) is 0 Å². The van der Waals surface area contributed by atoms with Crippen molar-refractivity contribution in [1.82, 2.24) is 0 Å². The number of fused-ring (bicyclic) bond motifs is 2. The van der Waals surface area contributed by atoms with E-state index in [0.717, 1.165) is 13.1 Å². The Morgan fingerprint density at radius 1 is 0.897 bits per heavy atom. The van der Waals surface area contributed by atoms with E-state index in [0.29, 0.717) is 34.9 Å². The number of likely N-dealkylation sites (N-methyl/N-ethyl adjacent to an activating group) is 1. The van der Waals surface area contributed by atoms with Gasteiger partial charge in [-0.15, -0.1) is 0 Å². The van der Waals surface area contributed by atoms with Gasteiger partial charge in [-0.3, -0.25) is 0 Å². The molecule has 2 nitrogen and oxygen atoms in total. The van der Waals surface area contributed by atoms with E-state index in [1.165, 1.54) is 20.4 Å². The van der Waals surface area contributed by atoms with Crippen molar-refractivity contribution in [2.24, 2.45) is 0 Å². The van der Waals surface area contributed by atoms with Crippen molar-refractivity contribution in [2.75, 3.05) is 18.0 Å². The first kappa shape index (κ1) is 20.5. The monoisotopic (exact) mass is 515 g/mol. The maximum absolute atomic E-state index is 2.44. The molecule has 4 rings (SSSR count). The summed E-state index contributed by atoms with van der Waals surface area (Å²) in [6.45, 7) is 6.68. The molecule has 148 valence electrons. The van der Waals surface area contributed by atoms with Crippen LogP contribution in [-0.2, 0) is 0 Å². The number of rotatable bonds is 6. The summed E-state index contributed by atoms with van der Waals surface area (Å²) in [6, 6.07) is 17.7. The van der Waals surface area contributed by atoms with Crippen molar-refractivity contribution in [3.8, 4) is 0 Å². The molecule has 0 spiro atoms. The topological polar surface area (TPSA) is 7.68 Å². The zero-order valence-corrected chi connectivity index (χ0v) is 20.3. The molecule has 0 radical (unpaired) electrons. The SMILES string of the molecule is CCN1/C(=C/C=C/C=C/C=C/C2[Se]c3ccccc3[NH+]2CC)[Se]c2ccccc21. The zero-order chi connectivity index (χ0) is 20.1. The molecule has 0 aliphatic carbocycles. The van der Waals surface area contributed by atoms with Crippen molar-refractivity contribution >= 4 is 50.2 Å². The number of nitrogens with one attached hydrogen (secondary N) is 1. The Kier molecular flexibility index (Phi) is 6.92. The van der Waals surface area contributed by atoms with Crippen molar-refractivity contribution in [3.63, 3.8) is 0 Å². The molecule has 29 heavy (non-hydrogen) atoms. The predicted molar refractivity (Wildman–Crippen MR) is 127 cm³/mol. The van der Waals surface area contributed by atoms with Crippen LogP contribution in [0.4, 0.5) is 11.4 Å². The molecule has 2 atom stereocenters. The van der Waals surface area contributed by atoms with Crippen LogP contribution in [0.2, 0.25) is 0 Å². The number of para-hydroxylation sites is 2. The van der Waals surface area contributed by atoms with Crippen LogP contribution in [0.15, 0.2) is 95.7 Å². The second kappa shape index (κ2) is 9.80. The Bertz CT molecular complexity index is 974. The molecule has 1 N–H and O–H groups in total. The second-order valence-corrected chi connectivity index (χ2v) is 11.6. The van der Waals surface area contributed by atoms with Gasteiger partial charge in [0.25, 0.3) is 0 Å². The fourth-order valence-corrected chi connectivity index (χ4v) is 8.99. The molecule has 4 heteroatoms. The van der Waals surface area contributed by atoms with Gasteiger partial charge in [-0.1, -0.05) is 0 Å². The Morgan fingerprint density at radius 2 is 1.62 bits per heavy atom. The molecule has 0 fully saturated rings. The van der Waals surface area contributed by atoms with Crippen LogP contribution in [0.1, 0.15) is 13.8 Å². The van der Waals surface area contributed by atoms with Gasteiger partial charge >= 0.3 is 188 Å². The molecule has 2 aromatic carbocycles. The van der Waals surface area contributed by atoms with Crippen LogP contribution in [0, 0.1) is 0 Å². The molecular formula is C25H27N2Se2+. The number of anilines is 1. The van der Waals surface area contributed by atoms with Gasteiger partial charge in [-0.2, -0.15) is 0 Å². The van der Waals surface area contributed by atoms with Gasteiger partial charge < -0.3 is 0 Å². The quantitative estimate of drug-likeness (QED) is 0.460. The Morgan fingerprint density at radius 3 is 2.45 bits per heavy atom. The third-order valence-electron chi connectivity index (χ3n) is 5.13. The number of nitrogens with zero attached hydrogens (tertiary/aromatic N) is 1. The molecule has 2 unspecified atom stereocenters. The minimum absolute atomic E-state index is 0.409.